The van der Waals surface area contributed by atoms with Gasteiger partial charge in [0.2, 0.25) is 0 Å². The van der Waals surface area contributed by atoms with E-state index in [1.807, 2.05) is 13.8 Å². The minimum atomic E-state index is -0.507. The van der Waals surface area contributed by atoms with E-state index in [2.05, 4.69) is 11.4 Å². The van der Waals surface area contributed by atoms with Crippen LogP contribution in [0.4, 0.5) is 0 Å². The molecule has 3 nitrogen and oxygen atoms in total. The van der Waals surface area contributed by atoms with Crippen molar-refractivity contribution in [3.8, 4) is 6.07 Å². The molecule has 1 saturated carbocycles. The standard InChI is InChI=1S/C14H26N2O/c1-13(2,11-15)9-10-16-12-14(17)7-5-3-4-6-8-14/h16-17H,3-10,12H2,1-2H3. The van der Waals surface area contributed by atoms with Gasteiger partial charge in [-0.25, -0.2) is 0 Å². The molecule has 1 aliphatic rings. The Labute approximate surface area is 105 Å². The van der Waals surface area contributed by atoms with E-state index >= 15 is 0 Å². The molecule has 0 saturated heterocycles. The van der Waals surface area contributed by atoms with Crippen LogP contribution in [0, 0.1) is 16.7 Å². The number of nitrogens with zero attached hydrogens (tertiary/aromatic N) is 1. The number of rotatable bonds is 5. The van der Waals surface area contributed by atoms with Crippen LogP contribution in [0.3, 0.4) is 0 Å². The predicted octanol–water partition coefficient (Wildman–Crippen LogP) is 2.60. The fourth-order valence-corrected chi connectivity index (χ4v) is 2.34. The third-order valence-corrected chi connectivity index (χ3v) is 3.72. The molecule has 1 aliphatic carbocycles. The maximum absolute atomic E-state index is 10.4. The Morgan fingerprint density at radius 2 is 1.82 bits per heavy atom. The van der Waals surface area contributed by atoms with Crippen LogP contribution >= 0.6 is 0 Å². The average Bonchev–Trinajstić information content (AvgIpc) is 2.50. The van der Waals surface area contributed by atoms with Crippen molar-refractivity contribution >= 4 is 0 Å². The van der Waals surface area contributed by atoms with E-state index in [9.17, 15) is 5.11 Å². The van der Waals surface area contributed by atoms with Crippen LogP contribution in [0.15, 0.2) is 0 Å². The summed E-state index contributed by atoms with van der Waals surface area (Å²) in [6.45, 7) is 5.39. The fourth-order valence-electron chi connectivity index (χ4n) is 2.34. The van der Waals surface area contributed by atoms with E-state index in [-0.39, 0.29) is 5.41 Å². The van der Waals surface area contributed by atoms with Gasteiger partial charge in [-0.3, -0.25) is 0 Å². The second kappa shape index (κ2) is 6.37. The summed E-state index contributed by atoms with van der Waals surface area (Å²) >= 11 is 0. The summed E-state index contributed by atoms with van der Waals surface area (Å²) in [4.78, 5) is 0. The molecule has 0 aliphatic heterocycles. The molecule has 0 heterocycles. The largest absolute Gasteiger partial charge is 0.389 e. The second-order valence-corrected chi connectivity index (χ2v) is 6.06. The van der Waals surface area contributed by atoms with Crippen LogP contribution in [-0.4, -0.2) is 23.8 Å². The predicted molar refractivity (Wildman–Crippen MR) is 69.5 cm³/mol. The molecule has 0 radical (unpaired) electrons. The lowest BCUT2D eigenvalue weighted by atomic mass is 9.91. The van der Waals surface area contributed by atoms with E-state index in [0.717, 1.165) is 38.6 Å². The summed E-state index contributed by atoms with van der Waals surface area (Å²) in [5.41, 5.74) is -0.771. The lowest BCUT2D eigenvalue weighted by Crippen LogP contribution is -2.41. The zero-order chi connectivity index (χ0) is 12.8. The normalized spacial score (nSPS) is 20.6. The van der Waals surface area contributed by atoms with Crippen LogP contribution < -0.4 is 5.32 Å². The van der Waals surface area contributed by atoms with Gasteiger partial charge in [0.1, 0.15) is 0 Å². The van der Waals surface area contributed by atoms with Crippen molar-refractivity contribution in [2.75, 3.05) is 13.1 Å². The number of nitrogens with one attached hydrogen (secondary N) is 1. The Hall–Kier alpha value is -0.590. The summed E-state index contributed by atoms with van der Waals surface area (Å²) in [7, 11) is 0. The van der Waals surface area contributed by atoms with E-state index in [1.165, 1.54) is 12.8 Å². The summed E-state index contributed by atoms with van der Waals surface area (Å²) in [6, 6.07) is 2.30. The lowest BCUT2D eigenvalue weighted by molar-refractivity contribution is 0.0251. The first-order chi connectivity index (χ1) is 7.97. The minimum Gasteiger partial charge on any atom is -0.389 e. The Balaban J connectivity index is 2.23. The molecule has 1 fully saturated rings. The van der Waals surface area contributed by atoms with E-state index in [1.54, 1.807) is 0 Å². The highest BCUT2D eigenvalue weighted by molar-refractivity contribution is 4.92. The third-order valence-electron chi connectivity index (χ3n) is 3.72. The molecule has 1 rings (SSSR count). The van der Waals surface area contributed by atoms with Gasteiger partial charge < -0.3 is 10.4 Å². The second-order valence-electron chi connectivity index (χ2n) is 6.06. The van der Waals surface area contributed by atoms with Crippen LogP contribution in [0.5, 0.6) is 0 Å². The molecule has 98 valence electrons. The molecule has 0 aromatic heterocycles. The maximum Gasteiger partial charge on any atom is 0.0771 e. The number of hydrogen-bond acceptors (Lipinski definition) is 3. The van der Waals surface area contributed by atoms with Gasteiger partial charge >= 0.3 is 0 Å². The van der Waals surface area contributed by atoms with Crippen LogP contribution in [0.2, 0.25) is 0 Å². The summed E-state index contributed by atoms with van der Waals surface area (Å²) in [5.74, 6) is 0. The van der Waals surface area contributed by atoms with Gasteiger partial charge in [-0.05, 0) is 39.7 Å². The van der Waals surface area contributed by atoms with Crippen molar-refractivity contribution < 1.29 is 5.11 Å². The number of hydrogen-bond donors (Lipinski definition) is 2. The van der Waals surface area contributed by atoms with Crippen molar-refractivity contribution in [1.29, 1.82) is 5.26 Å². The van der Waals surface area contributed by atoms with Crippen molar-refractivity contribution in [1.82, 2.24) is 5.32 Å². The molecule has 2 N–H and O–H groups in total. The molecular weight excluding hydrogens is 212 g/mol. The highest BCUT2D eigenvalue weighted by Gasteiger charge is 2.27. The molecule has 0 atom stereocenters. The summed E-state index contributed by atoms with van der Waals surface area (Å²) in [5, 5.41) is 22.6. The van der Waals surface area contributed by atoms with Crippen molar-refractivity contribution in [2.24, 2.45) is 5.41 Å². The molecule has 3 heteroatoms. The van der Waals surface area contributed by atoms with Gasteiger partial charge in [0.15, 0.2) is 0 Å². The minimum absolute atomic E-state index is 0.265. The van der Waals surface area contributed by atoms with Gasteiger partial charge in [0.25, 0.3) is 0 Å². The molecule has 0 aromatic carbocycles. The van der Waals surface area contributed by atoms with Crippen LogP contribution in [-0.2, 0) is 0 Å². The summed E-state index contributed by atoms with van der Waals surface area (Å²) < 4.78 is 0. The highest BCUT2D eigenvalue weighted by Crippen LogP contribution is 2.26. The third kappa shape index (κ3) is 5.52. The fraction of sp³-hybridized carbons (Fsp3) is 0.929. The van der Waals surface area contributed by atoms with Gasteiger partial charge in [0.05, 0.1) is 17.1 Å². The van der Waals surface area contributed by atoms with Gasteiger partial charge in [0, 0.05) is 6.54 Å². The molecule has 17 heavy (non-hydrogen) atoms. The first-order valence-corrected chi connectivity index (χ1v) is 6.82. The van der Waals surface area contributed by atoms with Gasteiger partial charge in [-0.2, -0.15) is 5.26 Å². The van der Waals surface area contributed by atoms with Crippen molar-refractivity contribution in [2.45, 2.75) is 64.4 Å². The topological polar surface area (TPSA) is 56.0 Å². The monoisotopic (exact) mass is 238 g/mol. The average molecular weight is 238 g/mol. The Morgan fingerprint density at radius 1 is 1.24 bits per heavy atom. The first kappa shape index (κ1) is 14.5. The first-order valence-electron chi connectivity index (χ1n) is 6.82. The number of nitriles is 1. The van der Waals surface area contributed by atoms with E-state index < -0.39 is 5.60 Å². The molecular formula is C14H26N2O. The number of aliphatic hydroxyl groups is 1. The molecule has 0 spiro atoms. The maximum atomic E-state index is 10.4. The molecule has 0 amide bonds. The molecule has 0 unspecified atom stereocenters. The van der Waals surface area contributed by atoms with Crippen LogP contribution in [0.1, 0.15) is 58.8 Å². The van der Waals surface area contributed by atoms with E-state index in [4.69, 9.17) is 5.26 Å². The summed E-state index contributed by atoms with van der Waals surface area (Å²) in [6.07, 6.45) is 7.46. The molecule has 0 aromatic rings. The zero-order valence-electron chi connectivity index (χ0n) is 11.3. The van der Waals surface area contributed by atoms with Crippen molar-refractivity contribution in [3.05, 3.63) is 0 Å². The quantitative estimate of drug-likeness (QED) is 0.572. The Bertz CT molecular complexity index is 260. The van der Waals surface area contributed by atoms with Gasteiger partial charge in [-0.1, -0.05) is 25.7 Å². The molecule has 0 bridgehead atoms. The zero-order valence-corrected chi connectivity index (χ0v) is 11.3. The lowest BCUT2D eigenvalue weighted by Gasteiger charge is -2.27. The SMILES string of the molecule is CC(C)(C#N)CCNCC1(O)CCCCCC1. The van der Waals surface area contributed by atoms with Crippen molar-refractivity contribution in [3.63, 3.8) is 0 Å². The Morgan fingerprint density at radius 3 is 2.35 bits per heavy atom. The highest BCUT2D eigenvalue weighted by atomic mass is 16.3. The van der Waals surface area contributed by atoms with Crippen LogP contribution in [0.25, 0.3) is 0 Å². The Kier molecular flexibility index (Phi) is 5.42. The smallest absolute Gasteiger partial charge is 0.0771 e. The van der Waals surface area contributed by atoms with Gasteiger partial charge in [-0.15, -0.1) is 0 Å². The van der Waals surface area contributed by atoms with E-state index in [0.29, 0.717) is 6.54 Å².